The predicted molar refractivity (Wildman–Crippen MR) is 157 cm³/mol. The zero-order valence-electron chi connectivity index (χ0n) is 24.4. The van der Waals surface area contributed by atoms with Crippen LogP contribution in [0.15, 0.2) is 18.2 Å². The quantitative estimate of drug-likeness (QED) is 0.262. The number of hydrogen-bond acceptors (Lipinski definition) is 9. The lowest BCUT2D eigenvalue weighted by Crippen LogP contribution is -2.47. The van der Waals surface area contributed by atoms with E-state index in [9.17, 15) is 22.4 Å². The number of nitrogens with zero attached hydrogens (tertiary/aromatic N) is 6. The molecule has 2 N–H and O–H groups in total. The zero-order chi connectivity index (χ0) is 31.6. The zero-order valence-corrected chi connectivity index (χ0v) is 25.2. The van der Waals surface area contributed by atoms with Gasteiger partial charge < -0.3 is 15.3 Å². The molecule has 3 aromatic rings. The number of aryl methyl sites for hydroxylation is 1. The third-order valence-corrected chi connectivity index (χ3v) is 8.95. The molecule has 2 aliphatic rings. The number of aliphatic carboxylic acids is 1. The second-order valence-corrected chi connectivity index (χ2v) is 12.1. The summed E-state index contributed by atoms with van der Waals surface area (Å²) in [4.78, 5) is 30.6. The van der Waals surface area contributed by atoms with E-state index >= 15 is 4.39 Å². The first-order chi connectivity index (χ1) is 20.9. The summed E-state index contributed by atoms with van der Waals surface area (Å²) in [5, 5.41) is 12.1. The topological polar surface area (TPSA) is 97.7 Å². The van der Waals surface area contributed by atoms with Crippen LogP contribution >= 0.6 is 11.3 Å². The third kappa shape index (κ3) is 7.44. The van der Waals surface area contributed by atoms with Gasteiger partial charge in [0.1, 0.15) is 11.6 Å². The van der Waals surface area contributed by atoms with Crippen molar-refractivity contribution in [1.82, 2.24) is 24.8 Å². The Morgan fingerprint density at radius 3 is 2.52 bits per heavy atom. The van der Waals surface area contributed by atoms with Gasteiger partial charge in [0.2, 0.25) is 5.82 Å². The van der Waals surface area contributed by atoms with E-state index in [1.54, 1.807) is 11.8 Å². The third-order valence-electron chi connectivity index (χ3n) is 8.00. The summed E-state index contributed by atoms with van der Waals surface area (Å²) in [6.45, 7) is 7.30. The van der Waals surface area contributed by atoms with Gasteiger partial charge in [0.25, 0.3) is 0 Å². The first-order valence-electron chi connectivity index (χ1n) is 14.5. The Morgan fingerprint density at radius 2 is 1.84 bits per heavy atom. The van der Waals surface area contributed by atoms with Gasteiger partial charge in [-0.05, 0) is 50.9 Å². The molecule has 1 aromatic carbocycles. The fourth-order valence-corrected chi connectivity index (χ4v) is 6.76. The van der Waals surface area contributed by atoms with Crippen LogP contribution in [0.4, 0.5) is 38.7 Å². The number of nitrogens with one attached hydrogen (secondary N) is 1. The Labute approximate surface area is 255 Å². The molecule has 0 saturated carbocycles. The number of piperazine rings is 1. The Balaban J connectivity index is 1.44. The number of carbonyl (C=O) groups is 1. The number of carboxylic acids is 1. The smallest absolute Gasteiger partial charge is 0.416 e. The van der Waals surface area contributed by atoms with Crippen molar-refractivity contribution in [2.75, 3.05) is 49.5 Å². The van der Waals surface area contributed by atoms with Gasteiger partial charge in [0.05, 0.1) is 17.7 Å². The Hall–Kier alpha value is -3.43. The van der Waals surface area contributed by atoms with E-state index in [1.807, 2.05) is 4.90 Å². The van der Waals surface area contributed by atoms with Crippen LogP contribution < -0.4 is 10.2 Å². The molecule has 9 nitrogen and oxygen atoms in total. The molecule has 5 rings (SSSR count). The molecule has 0 bridgehead atoms. The number of alkyl halides is 3. The minimum atomic E-state index is -4.74. The van der Waals surface area contributed by atoms with Crippen LogP contribution in [0.5, 0.6) is 0 Å². The Morgan fingerprint density at radius 1 is 1.09 bits per heavy atom. The molecule has 4 heterocycles. The number of likely N-dealkylation sites (tertiary alicyclic amines) is 1. The van der Waals surface area contributed by atoms with E-state index in [4.69, 9.17) is 5.11 Å². The van der Waals surface area contributed by atoms with Crippen LogP contribution in [-0.4, -0.2) is 81.1 Å². The molecule has 0 amide bonds. The molecule has 0 radical (unpaired) electrons. The number of carboxylic acid groups (broad SMARTS) is 1. The fourth-order valence-electron chi connectivity index (χ4n) is 5.75. The molecule has 238 valence electrons. The standard InChI is InChI=1S/C29H34F5N7O2S/c1-3-21-5-4-7-41(21)16-22-25(18-13-19(29(32,33)34)15-20(30)14-18)37-28(44-22)38-26-24(31)27(36-17(2)35-26)40-11-9-39(10-12-40)8-6-23(42)43/h13-15,21H,3-12,16H2,1-2H3,(H,42,43)(H,35,36,37,38)/t21-/m1/s1. The highest BCUT2D eigenvalue weighted by atomic mass is 32.1. The van der Waals surface area contributed by atoms with Crippen molar-refractivity contribution < 1.29 is 31.9 Å². The average molecular weight is 640 g/mol. The van der Waals surface area contributed by atoms with Gasteiger partial charge in [0.15, 0.2) is 16.8 Å². The molecule has 1 atom stereocenters. The van der Waals surface area contributed by atoms with Gasteiger partial charge in [-0.3, -0.25) is 14.6 Å². The SMILES string of the molecule is CC[C@@H]1CCCN1Cc1sc(Nc2nc(C)nc(N3CCN(CCC(=O)O)CC3)c2F)nc1-c1cc(F)cc(C(F)(F)F)c1. The van der Waals surface area contributed by atoms with Gasteiger partial charge in [-0.2, -0.15) is 17.6 Å². The maximum atomic E-state index is 15.8. The number of benzene rings is 1. The largest absolute Gasteiger partial charge is 0.481 e. The Kier molecular flexibility index (Phi) is 9.65. The van der Waals surface area contributed by atoms with Crippen LogP contribution in [0.2, 0.25) is 0 Å². The van der Waals surface area contributed by atoms with E-state index in [0.717, 1.165) is 37.9 Å². The fraction of sp³-hybridized carbons (Fsp3) is 0.517. The minimum Gasteiger partial charge on any atom is -0.481 e. The second-order valence-electron chi connectivity index (χ2n) is 11.0. The molecular formula is C29H34F5N7O2S. The molecule has 2 fully saturated rings. The summed E-state index contributed by atoms with van der Waals surface area (Å²) in [6, 6.07) is 2.68. The number of rotatable bonds is 10. The summed E-state index contributed by atoms with van der Waals surface area (Å²) < 4.78 is 70.9. The molecule has 2 aliphatic heterocycles. The molecular weight excluding hydrogens is 605 g/mol. The van der Waals surface area contributed by atoms with Gasteiger partial charge in [-0.1, -0.05) is 18.3 Å². The molecule has 0 spiro atoms. The van der Waals surface area contributed by atoms with Crippen molar-refractivity contribution >= 4 is 34.1 Å². The second kappa shape index (κ2) is 13.3. The monoisotopic (exact) mass is 639 g/mol. The van der Waals surface area contributed by atoms with E-state index < -0.39 is 29.3 Å². The van der Waals surface area contributed by atoms with Crippen LogP contribution in [0.25, 0.3) is 11.3 Å². The number of thiazole rings is 1. The molecule has 2 aromatic heterocycles. The molecule has 15 heteroatoms. The number of halogens is 5. The number of aromatic nitrogens is 3. The lowest BCUT2D eigenvalue weighted by molar-refractivity contribution is -0.138. The minimum absolute atomic E-state index is 0.00957. The van der Waals surface area contributed by atoms with Crippen molar-refractivity contribution in [3.63, 3.8) is 0 Å². The summed E-state index contributed by atoms with van der Waals surface area (Å²) in [7, 11) is 0. The molecule has 0 aliphatic carbocycles. The van der Waals surface area contributed by atoms with Crippen LogP contribution in [0, 0.1) is 18.6 Å². The maximum Gasteiger partial charge on any atom is 0.416 e. The summed E-state index contributed by atoms with van der Waals surface area (Å²) >= 11 is 1.17. The van der Waals surface area contributed by atoms with Crippen molar-refractivity contribution in [2.24, 2.45) is 0 Å². The highest BCUT2D eigenvalue weighted by molar-refractivity contribution is 7.16. The van der Waals surface area contributed by atoms with Crippen molar-refractivity contribution in [1.29, 1.82) is 0 Å². The maximum absolute atomic E-state index is 15.8. The highest BCUT2D eigenvalue weighted by Crippen LogP contribution is 2.39. The van der Waals surface area contributed by atoms with Gasteiger partial charge in [0, 0.05) is 55.8 Å². The summed E-state index contributed by atoms with van der Waals surface area (Å²) in [6.07, 6.45) is -1.79. The number of hydrogen-bond donors (Lipinski definition) is 2. The van der Waals surface area contributed by atoms with Crippen LogP contribution in [0.3, 0.4) is 0 Å². The molecule has 44 heavy (non-hydrogen) atoms. The lowest BCUT2D eigenvalue weighted by atomic mass is 10.1. The molecule has 2 saturated heterocycles. The van der Waals surface area contributed by atoms with Gasteiger partial charge in [-0.15, -0.1) is 0 Å². The Bertz CT molecular complexity index is 1490. The van der Waals surface area contributed by atoms with E-state index in [2.05, 4.69) is 32.1 Å². The van der Waals surface area contributed by atoms with Crippen LogP contribution in [-0.2, 0) is 17.5 Å². The normalized spacial score (nSPS) is 18.2. The molecule has 0 unspecified atom stereocenters. The van der Waals surface area contributed by atoms with Crippen LogP contribution in [0.1, 0.15) is 48.9 Å². The predicted octanol–water partition coefficient (Wildman–Crippen LogP) is 5.92. The first-order valence-corrected chi connectivity index (χ1v) is 15.3. The highest BCUT2D eigenvalue weighted by Gasteiger charge is 2.33. The summed E-state index contributed by atoms with van der Waals surface area (Å²) in [5.74, 6) is -2.34. The van der Waals surface area contributed by atoms with Crippen molar-refractivity contribution in [3.05, 3.63) is 46.1 Å². The average Bonchev–Trinajstić information content (AvgIpc) is 3.59. The van der Waals surface area contributed by atoms with E-state index in [-0.39, 0.29) is 34.4 Å². The number of anilines is 3. The van der Waals surface area contributed by atoms with E-state index in [1.165, 1.54) is 11.3 Å². The summed E-state index contributed by atoms with van der Waals surface area (Å²) in [5.41, 5.74) is -0.920. The van der Waals surface area contributed by atoms with Gasteiger partial charge >= 0.3 is 12.1 Å². The first kappa shape index (κ1) is 32.0. The lowest BCUT2D eigenvalue weighted by Gasteiger charge is -2.35. The van der Waals surface area contributed by atoms with Gasteiger partial charge in [-0.25, -0.2) is 19.3 Å². The van der Waals surface area contributed by atoms with E-state index in [0.29, 0.717) is 62.1 Å². The van der Waals surface area contributed by atoms with Crippen molar-refractivity contribution in [2.45, 2.75) is 58.3 Å². The van der Waals surface area contributed by atoms with Crippen molar-refractivity contribution in [3.8, 4) is 11.3 Å².